The fourth-order valence-corrected chi connectivity index (χ4v) is 3.64. The molecule has 2 saturated heterocycles. The summed E-state index contributed by atoms with van der Waals surface area (Å²) < 4.78 is 5.14. The summed E-state index contributed by atoms with van der Waals surface area (Å²) in [6.45, 7) is 7.66. The molecule has 5 nitrogen and oxygen atoms in total. The minimum atomic E-state index is 0. The monoisotopic (exact) mass is 423 g/mol. The average Bonchev–Trinajstić information content (AvgIpc) is 2.96. The number of carbonyl (C=O) groups is 1. The third kappa shape index (κ3) is 5.98. The second-order valence-corrected chi connectivity index (χ2v) is 7.02. The molecule has 2 aliphatic heterocycles. The lowest BCUT2D eigenvalue weighted by Gasteiger charge is -2.35. The van der Waals surface area contributed by atoms with Crippen LogP contribution in [-0.4, -0.2) is 75.2 Å². The summed E-state index contributed by atoms with van der Waals surface area (Å²) in [5, 5.41) is 0.702. The average molecular weight is 425 g/mol. The topological polar surface area (TPSA) is 36.0 Å². The predicted molar refractivity (Wildman–Crippen MR) is 111 cm³/mol. The molecule has 0 radical (unpaired) electrons. The van der Waals surface area contributed by atoms with E-state index in [1.807, 2.05) is 29.2 Å². The Morgan fingerprint density at radius 3 is 2.27 bits per heavy atom. The number of hydrogen-bond donors (Lipinski definition) is 0. The van der Waals surface area contributed by atoms with Crippen LogP contribution in [0.15, 0.2) is 24.3 Å². The van der Waals surface area contributed by atoms with Gasteiger partial charge in [0, 0.05) is 63.6 Å². The normalized spacial score (nSPS) is 21.4. The van der Waals surface area contributed by atoms with Crippen molar-refractivity contribution in [2.24, 2.45) is 5.92 Å². The van der Waals surface area contributed by atoms with Crippen molar-refractivity contribution >= 4 is 48.0 Å². The van der Waals surface area contributed by atoms with Gasteiger partial charge in [-0.2, -0.15) is 0 Å². The molecule has 0 saturated carbocycles. The van der Waals surface area contributed by atoms with Gasteiger partial charge in [0.2, 0.25) is 5.91 Å². The highest BCUT2D eigenvalue weighted by Gasteiger charge is 2.34. The van der Waals surface area contributed by atoms with Gasteiger partial charge in [-0.15, -0.1) is 24.8 Å². The number of piperazine rings is 1. The maximum atomic E-state index is 12.7. The highest BCUT2D eigenvalue weighted by atomic mass is 35.5. The Balaban J connectivity index is 0.00000169. The van der Waals surface area contributed by atoms with Crippen LogP contribution in [-0.2, 0) is 9.53 Å². The number of methoxy groups -OCH3 is 1. The van der Waals surface area contributed by atoms with Gasteiger partial charge in [0.25, 0.3) is 0 Å². The Hall–Kier alpha value is -0.560. The molecule has 2 heterocycles. The van der Waals surface area contributed by atoms with Gasteiger partial charge < -0.3 is 14.5 Å². The van der Waals surface area contributed by atoms with E-state index in [-0.39, 0.29) is 36.6 Å². The quantitative estimate of drug-likeness (QED) is 0.703. The summed E-state index contributed by atoms with van der Waals surface area (Å²) in [5.74, 6) is 0.366. The van der Waals surface area contributed by atoms with Crippen molar-refractivity contribution in [2.45, 2.75) is 6.42 Å². The maximum absolute atomic E-state index is 12.7. The summed E-state index contributed by atoms with van der Waals surface area (Å²) in [6, 6.07) is 7.54. The molecule has 26 heavy (non-hydrogen) atoms. The molecule has 1 unspecified atom stereocenters. The number of nitrogens with zero attached hydrogens (tertiary/aromatic N) is 3. The molecule has 0 aliphatic carbocycles. The van der Waals surface area contributed by atoms with Crippen molar-refractivity contribution < 1.29 is 9.53 Å². The predicted octanol–water partition coefficient (Wildman–Crippen LogP) is 2.80. The molecule has 148 valence electrons. The molecule has 1 atom stereocenters. The van der Waals surface area contributed by atoms with Gasteiger partial charge >= 0.3 is 0 Å². The van der Waals surface area contributed by atoms with E-state index in [1.165, 1.54) is 0 Å². The Bertz CT molecular complexity index is 551. The van der Waals surface area contributed by atoms with Crippen LogP contribution in [0.4, 0.5) is 5.69 Å². The number of hydrogen-bond acceptors (Lipinski definition) is 4. The van der Waals surface area contributed by atoms with E-state index < -0.39 is 0 Å². The maximum Gasteiger partial charge on any atom is 0.231 e. The van der Waals surface area contributed by atoms with Crippen LogP contribution in [0.2, 0.25) is 5.02 Å². The molecule has 0 aromatic heterocycles. The van der Waals surface area contributed by atoms with E-state index >= 15 is 0 Å². The zero-order chi connectivity index (χ0) is 16.9. The number of ether oxygens (including phenoxy) is 1. The van der Waals surface area contributed by atoms with E-state index in [0.29, 0.717) is 5.02 Å². The zero-order valence-electron chi connectivity index (χ0n) is 15.1. The number of amides is 1. The Labute approximate surface area is 173 Å². The van der Waals surface area contributed by atoms with Gasteiger partial charge in [-0.25, -0.2) is 0 Å². The summed E-state index contributed by atoms with van der Waals surface area (Å²) in [6.07, 6.45) is 0.936. The van der Waals surface area contributed by atoms with Crippen molar-refractivity contribution in [2.75, 3.05) is 64.4 Å². The lowest BCUT2D eigenvalue weighted by atomic mass is 10.1. The van der Waals surface area contributed by atoms with Gasteiger partial charge in [0.15, 0.2) is 0 Å². The largest absolute Gasteiger partial charge is 0.383 e. The van der Waals surface area contributed by atoms with E-state index in [4.69, 9.17) is 16.3 Å². The molecule has 0 bridgehead atoms. The fourth-order valence-electron chi connectivity index (χ4n) is 3.51. The number of rotatable bonds is 6. The second kappa shape index (κ2) is 11.3. The Morgan fingerprint density at radius 1 is 1.04 bits per heavy atom. The highest BCUT2D eigenvalue weighted by Crippen LogP contribution is 2.27. The number of anilines is 1. The van der Waals surface area contributed by atoms with Gasteiger partial charge in [-0.1, -0.05) is 11.6 Å². The van der Waals surface area contributed by atoms with E-state index in [9.17, 15) is 4.79 Å². The SMILES string of the molecule is COCCN1CCN(CC2CCN(c3ccc(Cl)cc3)C2=O)CC1.Cl.Cl. The van der Waals surface area contributed by atoms with E-state index in [2.05, 4.69) is 9.80 Å². The van der Waals surface area contributed by atoms with Gasteiger partial charge in [-0.3, -0.25) is 9.69 Å². The van der Waals surface area contributed by atoms with Crippen LogP contribution in [0.3, 0.4) is 0 Å². The molecule has 1 aromatic rings. The van der Waals surface area contributed by atoms with Crippen molar-refractivity contribution in [1.82, 2.24) is 9.80 Å². The summed E-state index contributed by atoms with van der Waals surface area (Å²) in [7, 11) is 1.74. The molecule has 2 fully saturated rings. The van der Waals surface area contributed by atoms with Crippen LogP contribution in [0.25, 0.3) is 0 Å². The molecule has 1 amide bonds. The summed E-state index contributed by atoms with van der Waals surface area (Å²) in [5.41, 5.74) is 0.955. The lowest BCUT2D eigenvalue weighted by molar-refractivity contribution is -0.121. The standard InChI is InChI=1S/C18H26ClN3O2.2ClH/c1-24-13-12-20-8-10-21(11-9-20)14-15-6-7-22(18(15)23)17-4-2-16(19)3-5-17;;/h2-5,15H,6-14H2,1H3;2*1H. The van der Waals surface area contributed by atoms with Crippen LogP contribution < -0.4 is 4.90 Å². The molecule has 0 N–H and O–H groups in total. The smallest absolute Gasteiger partial charge is 0.231 e. The Kier molecular flexibility index (Phi) is 10.2. The minimum Gasteiger partial charge on any atom is -0.383 e. The zero-order valence-corrected chi connectivity index (χ0v) is 17.5. The van der Waals surface area contributed by atoms with Crippen LogP contribution in [0.5, 0.6) is 0 Å². The molecular formula is C18H28Cl3N3O2. The lowest BCUT2D eigenvalue weighted by Crippen LogP contribution is -2.49. The molecule has 8 heteroatoms. The Morgan fingerprint density at radius 2 is 1.65 bits per heavy atom. The van der Waals surface area contributed by atoms with Crippen molar-refractivity contribution in [3.63, 3.8) is 0 Å². The first-order valence-electron chi connectivity index (χ1n) is 8.68. The molecule has 0 spiro atoms. The molecular weight excluding hydrogens is 397 g/mol. The second-order valence-electron chi connectivity index (χ2n) is 6.59. The van der Waals surface area contributed by atoms with E-state index in [1.54, 1.807) is 7.11 Å². The van der Waals surface area contributed by atoms with Gasteiger partial charge in [-0.05, 0) is 30.7 Å². The minimum absolute atomic E-state index is 0. The number of benzene rings is 1. The van der Waals surface area contributed by atoms with Gasteiger partial charge in [0.1, 0.15) is 0 Å². The first-order chi connectivity index (χ1) is 11.7. The molecule has 3 rings (SSSR count). The van der Waals surface area contributed by atoms with Crippen LogP contribution in [0, 0.1) is 5.92 Å². The first-order valence-corrected chi connectivity index (χ1v) is 9.06. The fraction of sp³-hybridized carbons (Fsp3) is 0.611. The third-order valence-corrected chi connectivity index (χ3v) is 5.26. The third-order valence-electron chi connectivity index (χ3n) is 5.01. The van der Waals surface area contributed by atoms with Crippen molar-refractivity contribution in [3.8, 4) is 0 Å². The first kappa shape index (κ1) is 23.5. The van der Waals surface area contributed by atoms with Crippen molar-refractivity contribution in [1.29, 1.82) is 0 Å². The van der Waals surface area contributed by atoms with Crippen LogP contribution in [0.1, 0.15) is 6.42 Å². The molecule has 1 aromatic carbocycles. The summed E-state index contributed by atoms with van der Waals surface area (Å²) >= 11 is 5.93. The summed E-state index contributed by atoms with van der Waals surface area (Å²) in [4.78, 5) is 19.5. The van der Waals surface area contributed by atoms with Crippen LogP contribution >= 0.6 is 36.4 Å². The number of halogens is 3. The van der Waals surface area contributed by atoms with E-state index in [0.717, 1.165) is 64.5 Å². The van der Waals surface area contributed by atoms with Crippen molar-refractivity contribution in [3.05, 3.63) is 29.3 Å². The highest BCUT2D eigenvalue weighted by molar-refractivity contribution is 6.30. The van der Waals surface area contributed by atoms with Gasteiger partial charge in [0.05, 0.1) is 12.5 Å². The number of carbonyl (C=O) groups excluding carboxylic acids is 1. The molecule has 2 aliphatic rings.